The van der Waals surface area contributed by atoms with Gasteiger partial charge < -0.3 is 10.5 Å². The van der Waals surface area contributed by atoms with Gasteiger partial charge >= 0.3 is 0 Å². The fraction of sp³-hybridized carbons (Fsp3) is 0.630. The summed E-state index contributed by atoms with van der Waals surface area (Å²) >= 11 is 0. The quantitative estimate of drug-likeness (QED) is 0.649. The third-order valence-electron chi connectivity index (χ3n) is 8.71. The van der Waals surface area contributed by atoms with E-state index in [2.05, 4.69) is 31.0 Å². The van der Waals surface area contributed by atoms with Crippen LogP contribution in [0.4, 0.5) is 0 Å². The summed E-state index contributed by atoms with van der Waals surface area (Å²) in [4.78, 5) is 19.7. The van der Waals surface area contributed by atoms with Gasteiger partial charge in [0.1, 0.15) is 5.82 Å². The molecular weight excluding hydrogens is 410 g/mol. The van der Waals surface area contributed by atoms with Gasteiger partial charge in [-0.05, 0) is 75.3 Å². The molecule has 4 aliphatic carbocycles. The summed E-state index contributed by atoms with van der Waals surface area (Å²) < 4.78 is 6.11. The van der Waals surface area contributed by atoms with Crippen molar-refractivity contribution in [3.63, 3.8) is 0 Å². The van der Waals surface area contributed by atoms with Gasteiger partial charge in [-0.15, -0.1) is 0 Å². The summed E-state index contributed by atoms with van der Waals surface area (Å²) in [6.45, 7) is 7.46. The molecule has 2 atom stereocenters. The average molecular weight is 446 g/mol. The van der Waals surface area contributed by atoms with Crippen molar-refractivity contribution in [2.24, 2.45) is 22.1 Å². The van der Waals surface area contributed by atoms with Crippen LogP contribution in [0.1, 0.15) is 81.9 Å². The van der Waals surface area contributed by atoms with Crippen LogP contribution in [-0.2, 0) is 10.2 Å². The fourth-order valence-corrected chi connectivity index (χ4v) is 6.35. The molecule has 174 valence electrons. The van der Waals surface area contributed by atoms with Crippen LogP contribution in [0.5, 0.6) is 0 Å². The van der Waals surface area contributed by atoms with E-state index < -0.39 is 0 Å². The zero-order valence-corrected chi connectivity index (χ0v) is 20.1. The van der Waals surface area contributed by atoms with Crippen molar-refractivity contribution in [3.8, 4) is 0 Å². The lowest BCUT2D eigenvalue weighted by molar-refractivity contribution is -0.173. The summed E-state index contributed by atoms with van der Waals surface area (Å²) in [6, 6.07) is 4.76. The molecule has 1 saturated heterocycles. The van der Waals surface area contributed by atoms with Gasteiger partial charge in [0.15, 0.2) is 5.65 Å². The molecule has 0 spiro atoms. The monoisotopic (exact) mass is 445 g/mol. The Morgan fingerprint density at radius 1 is 1.15 bits per heavy atom. The molecule has 2 aromatic heterocycles. The lowest BCUT2D eigenvalue weighted by atomic mass is 9.31. The maximum atomic E-state index is 6.11. The molecule has 5 fully saturated rings. The summed E-state index contributed by atoms with van der Waals surface area (Å²) in [5, 5.41) is 1.14. The first-order valence-corrected chi connectivity index (χ1v) is 12.6. The smallest absolute Gasteiger partial charge is 0.163 e. The van der Waals surface area contributed by atoms with E-state index in [0.29, 0.717) is 18.1 Å². The van der Waals surface area contributed by atoms with Crippen LogP contribution in [0, 0.1) is 18.3 Å². The first-order chi connectivity index (χ1) is 15.9. The van der Waals surface area contributed by atoms with Gasteiger partial charge in [-0.3, -0.25) is 4.99 Å². The number of pyridine rings is 1. The van der Waals surface area contributed by atoms with E-state index in [9.17, 15) is 0 Å². The summed E-state index contributed by atoms with van der Waals surface area (Å²) in [5.74, 6) is 1.91. The molecule has 0 radical (unpaired) electrons. The minimum atomic E-state index is -0.0522. The molecule has 0 aromatic carbocycles. The molecule has 3 heterocycles. The number of fused-ring (bicyclic) bond motifs is 1. The van der Waals surface area contributed by atoms with Gasteiger partial charge in [-0.1, -0.05) is 13.8 Å². The standard InChI is InChI=1S/C27H35N5O/c1-16(2)26-13-27(14-26,15-26)23-21-7-4-17(3)30-25(21)32-24(31-23)18-8-9-33-22(10-18)19(11-28)12-29-20-5-6-20/h4,7,11-12,16,18,20,22H,5-6,8-10,13-15,28H2,1-3H3/b19-11+,29-12?/t18-,22-,26?,27?/m1/s1. The van der Waals surface area contributed by atoms with Crippen molar-refractivity contribution in [2.75, 3.05) is 6.61 Å². The molecule has 0 amide bonds. The molecule has 0 unspecified atom stereocenters. The predicted octanol–water partition coefficient (Wildman–Crippen LogP) is 4.75. The molecule has 5 aliphatic rings. The topological polar surface area (TPSA) is 86.3 Å². The van der Waals surface area contributed by atoms with Crippen molar-refractivity contribution < 1.29 is 4.74 Å². The van der Waals surface area contributed by atoms with Crippen molar-refractivity contribution in [2.45, 2.75) is 89.2 Å². The van der Waals surface area contributed by atoms with Crippen LogP contribution in [0.3, 0.4) is 0 Å². The number of rotatable bonds is 6. The van der Waals surface area contributed by atoms with E-state index in [1.54, 1.807) is 6.20 Å². The number of nitrogens with zero attached hydrogens (tertiary/aromatic N) is 4. The second-order valence-corrected chi connectivity index (χ2v) is 11.3. The van der Waals surface area contributed by atoms with Gasteiger partial charge in [0.25, 0.3) is 0 Å². The Hall–Kier alpha value is -2.34. The van der Waals surface area contributed by atoms with E-state index in [0.717, 1.165) is 46.9 Å². The molecule has 6 nitrogen and oxygen atoms in total. The van der Waals surface area contributed by atoms with Crippen molar-refractivity contribution in [1.82, 2.24) is 15.0 Å². The fourth-order valence-electron chi connectivity index (χ4n) is 6.35. The highest BCUT2D eigenvalue weighted by molar-refractivity contribution is 5.80. The van der Waals surface area contributed by atoms with Crippen molar-refractivity contribution in [1.29, 1.82) is 0 Å². The zero-order chi connectivity index (χ0) is 22.8. The Morgan fingerprint density at radius 3 is 2.64 bits per heavy atom. The Balaban J connectivity index is 1.32. The number of hydrogen-bond acceptors (Lipinski definition) is 6. The van der Waals surface area contributed by atoms with Gasteiger partial charge in [0, 0.05) is 47.0 Å². The van der Waals surface area contributed by atoms with E-state index in [1.165, 1.54) is 37.8 Å². The van der Waals surface area contributed by atoms with Crippen LogP contribution in [0.2, 0.25) is 0 Å². The normalized spacial score (nSPS) is 34.0. The van der Waals surface area contributed by atoms with Crippen LogP contribution in [-0.4, -0.2) is 39.9 Å². The first-order valence-electron chi connectivity index (χ1n) is 12.6. The van der Waals surface area contributed by atoms with Gasteiger partial charge in [-0.2, -0.15) is 0 Å². The molecule has 2 aromatic rings. The maximum absolute atomic E-state index is 6.11. The van der Waals surface area contributed by atoms with Crippen LogP contribution >= 0.6 is 0 Å². The number of nitrogens with two attached hydrogens (primary N) is 1. The average Bonchev–Trinajstić information content (AvgIpc) is 3.56. The molecule has 2 N–H and O–H groups in total. The van der Waals surface area contributed by atoms with E-state index in [1.807, 2.05) is 13.1 Å². The molecular formula is C27H35N5O. The van der Waals surface area contributed by atoms with E-state index >= 15 is 0 Å². The van der Waals surface area contributed by atoms with E-state index in [-0.39, 0.29) is 17.4 Å². The van der Waals surface area contributed by atoms with Gasteiger partial charge in [-0.25, -0.2) is 15.0 Å². The third kappa shape index (κ3) is 3.49. The predicted molar refractivity (Wildman–Crippen MR) is 130 cm³/mol. The molecule has 7 rings (SSSR count). The Kier molecular flexibility index (Phi) is 4.88. The molecule has 33 heavy (non-hydrogen) atoms. The highest BCUT2D eigenvalue weighted by Crippen LogP contribution is 2.76. The SMILES string of the molecule is Cc1ccc2c(C34CC(C(C)C)(C3)C4)nc([C@@H]3CCO[C@@H](/C(C=NC4CC4)=C/N)C3)nc2n1. The first kappa shape index (κ1) is 21.2. The lowest BCUT2D eigenvalue weighted by Gasteiger charge is -2.72. The number of ether oxygens (including phenoxy) is 1. The number of aryl methyl sites for hydroxylation is 1. The minimum Gasteiger partial charge on any atom is -0.404 e. The summed E-state index contributed by atoms with van der Waals surface area (Å²) in [5.41, 5.74) is 10.8. The number of hydrogen-bond donors (Lipinski definition) is 1. The lowest BCUT2D eigenvalue weighted by Crippen LogP contribution is -2.67. The third-order valence-corrected chi connectivity index (χ3v) is 8.71. The summed E-state index contributed by atoms with van der Waals surface area (Å²) in [7, 11) is 0. The molecule has 4 saturated carbocycles. The van der Waals surface area contributed by atoms with Crippen LogP contribution in [0.25, 0.3) is 11.0 Å². The summed E-state index contributed by atoms with van der Waals surface area (Å²) in [6.07, 6.45) is 11.4. The Bertz CT molecular complexity index is 1130. The Morgan fingerprint density at radius 2 is 1.94 bits per heavy atom. The second kappa shape index (κ2) is 7.59. The highest BCUT2D eigenvalue weighted by Gasteiger charge is 2.70. The number of aromatic nitrogens is 3. The number of aliphatic imine (C=N–C) groups is 1. The molecule has 1 aliphatic heterocycles. The van der Waals surface area contributed by atoms with Gasteiger partial charge in [0.05, 0.1) is 17.8 Å². The van der Waals surface area contributed by atoms with Crippen LogP contribution in [0.15, 0.2) is 28.9 Å². The Labute approximate surface area is 196 Å². The molecule has 6 heteroatoms. The highest BCUT2D eigenvalue weighted by atomic mass is 16.5. The van der Waals surface area contributed by atoms with Crippen molar-refractivity contribution in [3.05, 3.63) is 41.1 Å². The largest absolute Gasteiger partial charge is 0.404 e. The van der Waals surface area contributed by atoms with Crippen molar-refractivity contribution >= 4 is 17.2 Å². The van der Waals surface area contributed by atoms with E-state index in [4.69, 9.17) is 25.4 Å². The second-order valence-electron chi connectivity index (χ2n) is 11.3. The molecule has 2 bridgehead atoms. The minimum absolute atomic E-state index is 0.0522. The zero-order valence-electron chi connectivity index (χ0n) is 20.1. The van der Waals surface area contributed by atoms with Crippen LogP contribution < -0.4 is 5.73 Å². The maximum Gasteiger partial charge on any atom is 0.163 e. The van der Waals surface area contributed by atoms with Gasteiger partial charge in [0.2, 0.25) is 0 Å².